The second-order valence-electron chi connectivity index (χ2n) is 8.02. The maximum Gasteiger partial charge on any atom is 0.416 e. The summed E-state index contributed by atoms with van der Waals surface area (Å²) in [7, 11) is 0. The van der Waals surface area contributed by atoms with Gasteiger partial charge in [-0.3, -0.25) is 9.59 Å². The van der Waals surface area contributed by atoms with Crippen molar-refractivity contribution in [2.24, 2.45) is 0 Å². The molecule has 2 aromatic rings. The molecule has 1 amide bonds. The van der Waals surface area contributed by atoms with Gasteiger partial charge in [-0.15, -0.1) is 0 Å². The number of hydrogen-bond acceptors (Lipinski definition) is 2. The smallest absolute Gasteiger partial charge is 0.349 e. The molecule has 0 aromatic heterocycles. The molecule has 1 aliphatic rings. The van der Waals surface area contributed by atoms with E-state index < -0.39 is 40.8 Å². The minimum atomic E-state index is -4.98. The number of alkyl halides is 6. The van der Waals surface area contributed by atoms with Gasteiger partial charge in [0.2, 0.25) is 5.91 Å². The Morgan fingerprint density at radius 3 is 1.88 bits per heavy atom. The van der Waals surface area contributed by atoms with Gasteiger partial charge in [-0.2, -0.15) is 26.3 Å². The molecule has 1 N–H and O–H groups in total. The van der Waals surface area contributed by atoms with E-state index in [4.69, 9.17) is 0 Å². The summed E-state index contributed by atoms with van der Waals surface area (Å²) < 4.78 is 79.1. The summed E-state index contributed by atoms with van der Waals surface area (Å²) in [5.74, 6) is -0.528. The molecule has 2 aromatic carbocycles. The molecule has 0 bridgehead atoms. The van der Waals surface area contributed by atoms with Crippen LogP contribution >= 0.6 is 0 Å². The van der Waals surface area contributed by atoms with E-state index in [0.29, 0.717) is 17.7 Å². The molecule has 1 atom stereocenters. The van der Waals surface area contributed by atoms with E-state index >= 15 is 0 Å². The lowest BCUT2D eigenvalue weighted by atomic mass is 9.68. The Morgan fingerprint density at radius 1 is 0.906 bits per heavy atom. The van der Waals surface area contributed by atoms with Crippen molar-refractivity contribution in [3.05, 3.63) is 70.8 Å². The Morgan fingerprint density at radius 2 is 1.41 bits per heavy atom. The van der Waals surface area contributed by atoms with E-state index in [-0.39, 0.29) is 43.1 Å². The van der Waals surface area contributed by atoms with Gasteiger partial charge < -0.3 is 5.32 Å². The Bertz CT molecular complexity index is 956. The number of Topliss-reactive ketones (excluding diaryl/α,β-unsaturated/α-hetero) is 1. The van der Waals surface area contributed by atoms with Crippen molar-refractivity contribution in [2.45, 2.75) is 56.4 Å². The highest BCUT2D eigenvalue weighted by molar-refractivity contribution is 5.92. The van der Waals surface area contributed by atoms with Crippen molar-refractivity contribution in [1.29, 1.82) is 0 Å². The largest absolute Gasteiger partial charge is 0.416 e. The van der Waals surface area contributed by atoms with Crippen LogP contribution in [0.5, 0.6) is 0 Å². The molecule has 0 radical (unpaired) electrons. The van der Waals surface area contributed by atoms with Gasteiger partial charge in [0, 0.05) is 12.8 Å². The molecule has 1 fully saturated rings. The second kappa shape index (κ2) is 8.60. The molecule has 1 unspecified atom stereocenters. The molecular weight excluding hydrogens is 436 g/mol. The first-order chi connectivity index (χ1) is 14.8. The molecule has 3 nitrogen and oxygen atoms in total. The number of benzene rings is 2. The van der Waals surface area contributed by atoms with Gasteiger partial charge in [-0.25, -0.2) is 0 Å². The first kappa shape index (κ1) is 23.8. The minimum absolute atomic E-state index is 0.00472. The van der Waals surface area contributed by atoms with Gasteiger partial charge in [0.1, 0.15) is 5.78 Å². The van der Waals surface area contributed by atoms with Crippen LogP contribution in [0.15, 0.2) is 48.5 Å². The molecular formula is C23H21F6NO2. The Labute approximate surface area is 180 Å². The predicted octanol–water partition coefficient (Wildman–Crippen LogP) is 5.98. The maximum absolute atomic E-state index is 13.3. The average molecular weight is 457 g/mol. The third kappa shape index (κ3) is 4.97. The average Bonchev–Trinajstić information content (AvgIpc) is 2.73. The van der Waals surface area contributed by atoms with Crippen molar-refractivity contribution < 1.29 is 35.9 Å². The fourth-order valence-electron chi connectivity index (χ4n) is 4.01. The standard InChI is InChI=1S/C23H21F6NO2/c1-14(15-11-17(22(24,25)26)13-18(12-15)23(27,28)29)30-20(32)21(9-7-19(31)8-10-21)16-5-3-2-4-6-16/h2-6,11-14H,7-10H2,1H3,(H,30,32). The highest BCUT2D eigenvalue weighted by Crippen LogP contribution is 2.40. The van der Waals surface area contributed by atoms with Gasteiger partial charge in [-0.1, -0.05) is 30.3 Å². The van der Waals surface area contributed by atoms with Gasteiger partial charge >= 0.3 is 12.4 Å². The van der Waals surface area contributed by atoms with Crippen LogP contribution < -0.4 is 5.32 Å². The first-order valence-corrected chi connectivity index (χ1v) is 10.0. The summed E-state index contributed by atoms with van der Waals surface area (Å²) in [5.41, 5.74) is -3.63. The van der Waals surface area contributed by atoms with Crippen LogP contribution in [0.2, 0.25) is 0 Å². The number of halogens is 6. The molecule has 3 rings (SSSR count). The number of carbonyl (C=O) groups is 2. The third-order valence-electron chi connectivity index (χ3n) is 5.88. The predicted molar refractivity (Wildman–Crippen MR) is 105 cm³/mol. The van der Waals surface area contributed by atoms with Crippen LogP contribution in [0.3, 0.4) is 0 Å². The fourth-order valence-corrected chi connectivity index (χ4v) is 4.01. The van der Waals surface area contributed by atoms with Gasteiger partial charge in [0.05, 0.1) is 22.6 Å². The Hall–Kier alpha value is -2.84. The number of hydrogen-bond donors (Lipinski definition) is 1. The Kier molecular flexibility index (Phi) is 6.40. The maximum atomic E-state index is 13.3. The van der Waals surface area contributed by atoms with Crippen molar-refractivity contribution >= 4 is 11.7 Å². The molecule has 0 saturated heterocycles. The van der Waals surface area contributed by atoms with E-state index in [1.165, 1.54) is 6.92 Å². The van der Waals surface area contributed by atoms with Crippen LogP contribution in [0.25, 0.3) is 0 Å². The molecule has 0 heterocycles. The highest BCUT2D eigenvalue weighted by Gasteiger charge is 2.44. The summed E-state index contributed by atoms with van der Waals surface area (Å²) in [6.07, 6.45) is -9.20. The third-order valence-corrected chi connectivity index (χ3v) is 5.88. The first-order valence-electron chi connectivity index (χ1n) is 10.0. The number of amides is 1. The summed E-state index contributed by atoms with van der Waals surface area (Å²) in [5, 5.41) is 2.59. The summed E-state index contributed by atoms with van der Waals surface area (Å²) in [4.78, 5) is 25.1. The molecule has 9 heteroatoms. The number of carbonyl (C=O) groups excluding carboxylic acids is 2. The normalized spacial score (nSPS) is 17.7. The summed E-state index contributed by atoms with van der Waals surface area (Å²) in [6.45, 7) is 1.33. The van der Waals surface area contributed by atoms with E-state index in [1.54, 1.807) is 30.3 Å². The quantitative estimate of drug-likeness (QED) is 0.574. The SMILES string of the molecule is CC(NC(=O)C1(c2ccccc2)CCC(=O)CC1)c1cc(C(F)(F)F)cc(C(F)(F)F)c1. The molecule has 1 aliphatic carbocycles. The van der Waals surface area contributed by atoms with Crippen molar-refractivity contribution in [3.63, 3.8) is 0 Å². The zero-order chi connectivity index (χ0) is 23.7. The zero-order valence-electron chi connectivity index (χ0n) is 17.1. The lowest BCUT2D eigenvalue weighted by Crippen LogP contribution is -2.47. The van der Waals surface area contributed by atoms with Crippen LogP contribution in [0, 0.1) is 0 Å². The van der Waals surface area contributed by atoms with Crippen molar-refractivity contribution in [3.8, 4) is 0 Å². The zero-order valence-corrected chi connectivity index (χ0v) is 17.1. The van der Waals surface area contributed by atoms with E-state index in [2.05, 4.69) is 5.32 Å². The van der Waals surface area contributed by atoms with Crippen LogP contribution in [0.4, 0.5) is 26.3 Å². The van der Waals surface area contributed by atoms with Crippen molar-refractivity contribution in [1.82, 2.24) is 5.32 Å². The number of rotatable bonds is 4. The molecule has 0 aliphatic heterocycles. The lowest BCUT2D eigenvalue weighted by Gasteiger charge is -2.37. The Balaban J connectivity index is 1.95. The second-order valence-corrected chi connectivity index (χ2v) is 8.02. The van der Waals surface area contributed by atoms with E-state index in [1.807, 2.05) is 0 Å². The molecule has 0 spiro atoms. The lowest BCUT2D eigenvalue weighted by molar-refractivity contribution is -0.143. The van der Waals surface area contributed by atoms with Gasteiger partial charge in [0.25, 0.3) is 0 Å². The van der Waals surface area contributed by atoms with Crippen molar-refractivity contribution in [2.75, 3.05) is 0 Å². The number of ketones is 1. The summed E-state index contributed by atoms with van der Waals surface area (Å²) in [6, 6.07) is 8.82. The fraction of sp³-hybridized carbons (Fsp3) is 0.391. The monoisotopic (exact) mass is 457 g/mol. The molecule has 1 saturated carbocycles. The van der Waals surface area contributed by atoms with E-state index in [9.17, 15) is 35.9 Å². The van der Waals surface area contributed by atoms with Gasteiger partial charge in [-0.05, 0) is 49.1 Å². The molecule has 32 heavy (non-hydrogen) atoms. The van der Waals surface area contributed by atoms with Crippen LogP contribution in [-0.2, 0) is 27.4 Å². The van der Waals surface area contributed by atoms with Crippen LogP contribution in [-0.4, -0.2) is 11.7 Å². The van der Waals surface area contributed by atoms with E-state index in [0.717, 1.165) is 0 Å². The van der Waals surface area contributed by atoms with Crippen LogP contribution in [0.1, 0.15) is 60.9 Å². The van der Waals surface area contributed by atoms with Gasteiger partial charge in [0.15, 0.2) is 0 Å². The topological polar surface area (TPSA) is 46.2 Å². The summed E-state index contributed by atoms with van der Waals surface area (Å²) >= 11 is 0. The minimum Gasteiger partial charge on any atom is -0.349 e. The number of nitrogens with one attached hydrogen (secondary N) is 1. The highest BCUT2D eigenvalue weighted by atomic mass is 19.4. The molecule has 172 valence electrons.